The fourth-order valence-corrected chi connectivity index (χ4v) is 1.31. The summed E-state index contributed by atoms with van der Waals surface area (Å²) in [6.07, 6.45) is 1.30. The largest absolute Gasteiger partial charge is 0.465 e. The van der Waals surface area contributed by atoms with Gasteiger partial charge in [0.25, 0.3) is 0 Å². The van der Waals surface area contributed by atoms with Gasteiger partial charge in [0.1, 0.15) is 5.54 Å². The summed E-state index contributed by atoms with van der Waals surface area (Å²) < 4.78 is 20.5. The zero-order chi connectivity index (χ0) is 14.6. The Kier molecular flexibility index (Phi) is 10.8. The van der Waals surface area contributed by atoms with Crippen LogP contribution in [-0.2, 0) is 23.7 Å². The summed E-state index contributed by atoms with van der Waals surface area (Å²) in [7, 11) is 1.66. The lowest BCUT2D eigenvalue weighted by molar-refractivity contribution is -0.149. The van der Waals surface area contributed by atoms with Crippen LogP contribution in [0, 0.1) is 0 Å². The number of esters is 1. The van der Waals surface area contributed by atoms with E-state index < -0.39 is 11.5 Å². The molecule has 0 bridgehead atoms. The minimum atomic E-state index is -0.991. The Balaban J connectivity index is 3.45. The highest BCUT2D eigenvalue weighted by Gasteiger charge is 2.29. The van der Waals surface area contributed by atoms with Crippen LogP contribution in [0.1, 0.15) is 26.7 Å². The Morgan fingerprint density at radius 1 is 1.11 bits per heavy atom. The maximum Gasteiger partial charge on any atom is 0.325 e. The summed E-state index contributed by atoms with van der Waals surface area (Å²) in [6, 6.07) is 0. The number of methoxy groups -OCH3 is 1. The molecule has 0 rings (SSSR count). The molecule has 0 aromatic rings. The molecule has 0 aliphatic heterocycles. The van der Waals surface area contributed by atoms with Crippen molar-refractivity contribution in [1.29, 1.82) is 0 Å². The van der Waals surface area contributed by atoms with Crippen LogP contribution < -0.4 is 5.73 Å². The summed E-state index contributed by atoms with van der Waals surface area (Å²) in [6.45, 7) is 6.53. The molecule has 19 heavy (non-hydrogen) atoms. The Morgan fingerprint density at radius 3 is 2.32 bits per heavy atom. The molecule has 114 valence electrons. The number of hydrogen-bond donors (Lipinski definition) is 1. The van der Waals surface area contributed by atoms with E-state index in [1.54, 1.807) is 21.0 Å². The number of rotatable bonds is 12. The zero-order valence-corrected chi connectivity index (χ0v) is 12.3. The molecule has 0 radical (unpaired) electrons. The van der Waals surface area contributed by atoms with E-state index in [0.29, 0.717) is 46.1 Å². The summed E-state index contributed by atoms with van der Waals surface area (Å²) in [5.74, 6) is -0.394. The quantitative estimate of drug-likeness (QED) is 0.418. The van der Waals surface area contributed by atoms with Crippen molar-refractivity contribution in [1.82, 2.24) is 0 Å². The second kappa shape index (κ2) is 11.2. The van der Waals surface area contributed by atoms with Crippen molar-refractivity contribution in [2.75, 3.05) is 46.8 Å². The number of carbonyl (C=O) groups is 1. The van der Waals surface area contributed by atoms with Gasteiger partial charge >= 0.3 is 5.97 Å². The lowest BCUT2D eigenvalue weighted by atomic mass is 10.0. The number of ether oxygens (including phenoxy) is 4. The predicted octanol–water partition coefficient (Wildman–Crippen LogP) is 0.727. The van der Waals surface area contributed by atoms with Crippen LogP contribution in [0.25, 0.3) is 0 Å². The Labute approximate surface area is 115 Å². The molecule has 2 N–H and O–H groups in total. The first-order chi connectivity index (χ1) is 9.04. The van der Waals surface area contributed by atoms with E-state index in [0.717, 1.165) is 6.42 Å². The third kappa shape index (κ3) is 9.84. The summed E-state index contributed by atoms with van der Waals surface area (Å²) >= 11 is 0. The molecule has 0 saturated heterocycles. The van der Waals surface area contributed by atoms with Gasteiger partial charge < -0.3 is 24.7 Å². The molecular weight excluding hydrogens is 250 g/mol. The van der Waals surface area contributed by atoms with E-state index >= 15 is 0 Å². The minimum Gasteiger partial charge on any atom is -0.465 e. The summed E-state index contributed by atoms with van der Waals surface area (Å²) in [5, 5.41) is 0. The Morgan fingerprint density at radius 2 is 1.74 bits per heavy atom. The first-order valence-corrected chi connectivity index (χ1v) is 6.65. The molecule has 0 aromatic heterocycles. The topological polar surface area (TPSA) is 80.0 Å². The number of hydrogen-bond acceptors (Lipinski definition) is 6. The highest BCUT2D eigenvalue weighted by atomic mass is 16.5. The molecular formula is C13H27NO5. The summed E-state index contributed by atoms with van der Waals surface area (Å²) in [4.78, 5) is 11.5. The van der Waals surface area contributed by atoms with E-state index in [1.165, 1.54) is 0 Å². The molecule has 0 aliphatic carbocycles. The maximum absolute atomic E-state index is 11.5. The van der Waals surface area contributed by atoms with Crippen molar-refractivity contribution < 1.29 is 23.7 Å². The van der Waals surface area contributed by atoms with Gasteiger partial charge in [-0.1, -0.05) is 0 Å². The highest BCUT2D eigenvalue weighted by Crippen LogP contribution is 2.08. The molecule has 6 heteroatoms. The van der Waals surface area contributed by atoms with Gasteiger partial charge in [0.05, 0.1) is 19.8 Å². The van der Waals surface area contributed by atoms with E-state index in [2.05, 4.69) is 0 Å². The smallest absolute Gasteiger partial charge is 0.325 e. The van der Waals surface area contributed by atoms with Gasteiger partial charge in [-0.05, 0) is 26.7 Å². The SMILES string of the molecule is CCOC(=O)C(C)(N)CCOCCOCCCOC. The van der Waals surface area contributed by atoms with E-state index in [-0.39, 0.29) is 0 Å². The monoisotopic (exact) mass is 277 g/mol. The lowest BCUT2D eigenvalue weighted by Crippen LogP contribution is -2.47. The molecule has 1 atom stereocenters. The normalized spacial score (nSPS) is 14.1. The van der Waals surface area contributed by atoms with Crippen molar-refractivity contribution in [3.63, 3.8) is 0 Å². The Bertz CT molecular complexity index is 233. The highest BCUT2D eigenvalue weighted by molar-refractivity contribution is 5.79. The minimum absolute atomic E-state index is 0.335. The first-order valence-electron chi connectivity index (χ1n) is 6.65. The van der Waals surface area contributed by atoms with Gasteiger partial charge in [0.2, 0.25) is 0 Å². The second-order valence-electron chi connectivity index (χ2n) is 4.46. The fraction of sp³-hybridized carbons (Fsp3) is 0.923. The third-order valence-electron chi connectivity index (χ3n) is 2.52. The third-order valence-corrected chi connectivity index (χ3v) is 2.52. The standard InChI is InChI=1S/C13H27NO5/c1-4-19-12(15)13(2,14)6-9-18-11-10-17-8-5-7-16-3/h4-11,14H2,1-3H3. The number of carbonyl (C=O) groups excluding carboxylic acids is 1. The molecule has 1 unspecified atom stereocenters. The van der Waals surface area contributed by atoms with Gasteiger partial charge in [0, 0.05) is 26.9 Å². The molecule has 0 saturated carbocycles. The summed E-state index contributed by atoms with van der Waals surface area (Å²) in [5.41, 5.74) is 4.85. The molecule has 0 heterocycles. The first kappa shape index (κ1) is 18.3. The molecule has 0 amide bonds. The van der Waals surface area contributed by atoms with Crippen molar-refractivity contribution in [3.8, 4) is 0 Å². The van der Waals surface area contributed by atoms with Gasteiger partial charge in [-0.3, -0.25) is 4.79 Å². The van der Waals surface area contributed by atoms with Gasteiger partial charge in [-0.25, -0.2) is 0 Å². The molecule has 0 aromatic carbocycles. The average Bonchev–Trinajstić information content (AvgIpc) is 2.37. The van der Waals surface area contributed by atoms with E-state index in [4.69, 9.17) is 24.7 Å². The lowest BCUT2D eigenvalue weighted by Gasteiger charge is -2.21. The van der Waals surface area contributed by atoms with Crippen molar-refractivity contribution >= 4 is 5.97 Å². The van der Waals surface area contributed by atoms with Crippen molar-refractivity contribution in [2.45, 2.75) is 32.2 Å². The van der Waals surface area contributed by atoms with E-state index in [9.17, 15) is 4.79 Å². The van der Waals surface area contributed by atoms with E-state index in [1.807, 2.05) is 0 Å². The predicted molar refractivity (Wildman–Crippen MR) is 72.0 cm³/mol. The van der Waals surface area contributed by atoms with Crippen LogP contribution in [0.2, 0.25) is 0 Å². The average molecular weight is 277 g/mol. The maximum atomic E-state index is 11.5. The second-order valence-corrected chi connectivity index (χ2v) is 4.46. The molecule has 0 fully saturated rings. The van der Waals surface area contributed by atoms with Gasteiger partial charge in [-0.15, -0.1) is 0 Å². The molecule has 0 aliphatic rings. The zero-order valence-electron chi connectivity index (χ0n) is 12.3. The molecule has 0 spiro atoms. The van der Waals surface area contributed by atoms with Gasteiger partial charge in [0.15, 0.2) is 0 Å². The van der Waals surface area contributed by atoms with Crippen LogP contribution in [0.5, 0.6) is 0 Å². The van der Waals surface area contributed by atoms with Crippen LogP contribution in [0.15, 0.2) is 0 Å². The van der Waals surface area contributed by atoms with Crippen LogP contribution in [0.3, 0.4) is 0 Å². The van der Waals surface area contributed by atoms with Gasteiger partial charge in [-0.2, -0.15) is 0 Å². The fourth-order valence-electron chi connectivity index (χ4n) is 1.31. The van der Waals surface area contributed by atoms with Crippen LogP contribution in [-0.4, -0.2) is 58.3 Å². The number of nitrogens with two attached hydrogens (primary N) is 1. The Hall–Kier alpha value is -0.690. The van der Waals surface area contributed by atoms with Crippen LogP contribution in [0.4, 0.5) is 0 Å². The van der Waals surface area contributed by atoms with Crippen molar-refractivity contribution in [2.24, 2.45) is 5.73 Å². The van der Waals surface area contributed by atoms with Crippen LogP contribution >= 0.6 is 0 Å². The van der Waals surface area contributed by atoms with Crippen molar-refractivity contribution in [3.05, 3.63) is 0 Å². The molecule has 6 nitrogen and oxygen atoms in total.